The van der Waals surface area contributed by atoms with Gasteiger partial charge in [-0.25, -0.2) is 0 Å². The van der Waals surface area contributed by atoms with Gasteiger partial charge in [0.15, 0.2) is 0 Å². The van der Waals surface area contributed by atoms with Crippen LogP contribution in [0.5, 0.6) is 0 Å². The Balaban J connectivity index is 2.03. The van der Waals surface area contributed by atoms with Crippen molar-refractivity contribution in [2.75, 3.05) is 26.7 Å². The van der Waals surface area contributed by atoms with Crippen molar-refractivity contribution in [2.45, 2.75) is 32.3 Å². The summed E-state index contributed by atoms with van der Waals surface area (Å²) in [6.45, 7) is 4.27. The molecule has 0 saturated heterocycles. The van der Waals surface area contributed by atoms with Crippen LogP contribution >= 0.6 is 0 Å². The van der Waals surface area contributed by atoms with E-state index < -0.39 is 0 Å². The minimum Gasteiger partial charge on any atom is -0.374 e. The van der Waals surface area contributed by atoms with Crippen LogP contribution < -0.4 is 10.6 Å². The smallest absolute Gasteiger partial charge is 0.220 e. The molecule has 4 heteroatoms. The number of amides is 1. The minimum absolute atomic E-state index is 0.0996. The zero-order chi connectivity index (χ0) is 14.6. The van der Waals surface area contributed by atoms with E-state index in [1.807, 2.05) is 32.2 Å². The third-order valence-corrected chi connectivity index (χ3v) is 3.11. The Morgan fingerprint density at radius 2 is 1.95 bits per heavy atom. The first-order valence-electron chi connectivity index (χ1n) is 7.32. The molecule has 0 aliphatic rings. The van der Waals surface area contributed by atoms with Crippen molar-refractivity contribution in [1.82, 2.24) is 10.6 Å². The van der Waals surface area contributed by atoms with E-state index in [4.69, 9.17) is 4.74 Å². The van der Waals surface area contributed by atoms with Gasteiger partial charge in [-0.3, -0.25) is 4.79 Å². The number of hydrogen-bond acceptors (Lipinski definition) is 3. The van der Waals surface area contributed by atoms with Crippen LogP contribution in [0.1, 0.15) is 37.9 Å². The maximum atomic E-state index is 11.5. The van der Waals surface area contributed by atoms with Crippen LogP contribution in [-0.4, -0.2) is 32.7 Å². The molecule has 0 saturated carbocycles. The summed E-state index contributed by atoms with van der Waals surface area (Å²) in [6, 6.07) is 10.2. The summed E-state index contributed by atoms with van der Waals surface area (Å²) in [5.41, 5.74) is 1.18. The molecule has 0 radical (unpaired) electrons. The van der Waals surface area contributed by atoms with Crippen LogP contribution in [0.4, 0.5) is 0 Å². The quantitative estimate of drug-likeness (QED) is 0.646. The molecule has 112 valence electrons. The Labute approximate surface area is 121 Å². The SMILES string of the molecule is CNCCCC(=O)NCCCOC(C)c1ccccc1. The van der Waals surface area contributed by atoms with Gasteiger partial charge in [-0.15, -0.1) is 0 Å². The fourth-order valence-electron chi connectivity index (χ4n) is 1.89. The van der Waals surface area contributed by atoms with E-state index in [9.17, 15) is 4.79 Å². The molecule has 2 N–H and O–H groups in total. The van der Waals surface area contributed by atoms with E-state index in [-0.39, 0.29) is 12.0 Å². The highest BCUT2D eigenvalue weighted by atomic mass is 16.5. The molecular weight excluding hydrogens is 252 g/mol. The monoisotopic (exact) mass is 278 g/mol. The lowest BCUT2D eigenvalue weighted by molar-refractivity contribution is -0.121. The second kappa shape index (κ2) is 10.4. The molecule has 4 nitrogen and oxygen atoms in total. The molecule has 1 aromatic rings. The lowest BCUT2D eigenvalue weighted by Gasteiger charge is -2.13. The summed E-state index contributed by atoms with van der Waals surface area (Å²) in [7, 11) is 1.89. The molecule has 1 rings (SSSR count). The molecule has 1 unspecified atom stereocenters. The van der Waals surface area contributed by atoms with Gasteiger partial charge < -0.3 is 15.4 Å². The van der Waals surface area contributed by atoms with Crippen LogP contribution in [0.2, 0.25) is 0 Å². The zero-order valence-corrected chi connectivity index (χ0v) is 12.5. The first-order chi connectivity index (χ1) is 9.74. The molecule has 0 fully saturated rings. The van der Waals surface area contributed by atoms with E-state index in [0.29, 0.717) is 19.6 Å². The average Bonchev–Trinajstić information content (AvgIpc) is 2.48. The molecule has 1 amide bonds. The van der Waals surface area contributed by atoms with E-state index in [0.717, 1.165) is 19.4 Å². The van der Waals surface area contributed by atoms with Gasteiger partial charge in [-0.1, -0.05) is 30.3 Å². The fourth-order valence-corrected chi connectivity index (χ4v) is 1.89. The van der Waals surface area contributed by atoms with E-state index in [1.54, 1.807) is 0 Å². The third kappa shape index (κ3) is 7.26. The predicted octanol–water partition coefficient (Wildman–Crippen LogP) is 2.27. The Morgan fingerprint density at radius 1 is 1.20 bits per heavy atom. The normalized spacial score (nSPS) is 12.1. The highest BCUT2D eigenvalue weighted by molar-refractivity contribution is 5.75. The van der Waals surface area contributed by atoms with Gasteiger partial charge >= 0.3 is 0 Å². The number of carbonyl (C=O) groups is 1. The Kier molecular flexibility index (Phi) is 8.67. The second-order valence-electron chi connectivity index (χ2n) is 4.83. The summed E-state index contributed by atoms with van der Waals surface area (Å²) in [5, 5.41) is 5.94. The highest BCUT2D eigenvalue weighted by Gasteiger charge is 2.04. The van der Waals surface area contributed by atoms with Crippen molar-refractivity contribution in [3.8, 4) is 0 Å². The van der Waals surface area contributed by atoms with E-state index in [2.05, 4.69) is 22.8 Å². The van der Waals surface area contributed by atoms with Gasteiger partial charge in [-0.05, 0) is 38.9 Å². The van der Waals surface area contributed by atoms with Crippen LogP contribution in [0.25, 0.3) is 0 Å². The number of rotatable bonds is 10. The lowest BCUT2D eigenvalue weighted by Crippen LogP contribution is -2.26. The molecular formula is C16H26N2O2. The summed E-state index contributed by atoms with van der Waals surface area (Å²) in [4.78, 5) is 11.5. The number of carbonyl (C=O) groups excluding carboxylic acids is 1. The maximum absolute atomic E-state index is 11.5. The summed E-state index contributed by atoms with van der Waals surface area (Å²) >= 11 is 0. The minimum atomic E-state index is 0.0996. The van der Waals surface area contributed by atoms with E-state index in [1.165, 1.54) is 5.56 Å². The van der Waals surface area contributed by atoms with Crippen molar-refractivity contribution in [1.29, 1.82) is 0 Å². The highest BCUT2D eigenvalue weighted by Crippen LogP contribution is 2.15. The Hall–Kier alpha value is -1.39. The zero-order valence-electron chi connectivity index (χ0n) is 12.5. The van der Waals surface area contributed by atoms with Gasteiger partial charge in [0.05, 0.1) is 6.10 Å². The molecule has 0 bridgehead atoms. The van der Waals surface area contributed by atoms with Gasteiger partial charge in [0.1, 0.15) is 0 Å². The third-order valence-electron chi connectivity index (χ3n) is 3.11. The van der Waals surface area contributed by atoms with Gasteiger partial charge in [-0.2, -0.15) is 0 Å². The molecule has 0 spiro atoms. The average molecular weight is 278 g/mol. The molecule has 1 aromatic carbocycles. The first kappa shape index (κ1) is 16.7. The molecule has 0 aromatic heterocycles. The standard InChI is InChI=1S/C16H26N2O2/c1-14(15-8-4-3-5-9-15)20-13-7-12-18-16(19)10-6-11-17-2/h3-5,8-9,14,17H,6-7,10-13H2,1-2H3,(H,18,19). The van der Waals surface area contributed by atoms with Crippen LogP contribution in [-0.2, 0) is 9.53 Å². The van der Waals surface area contributed by atoms with E-state index >= 15 is 0 Å². The molecule has 20 heavy (non-hydrogen) atoms. The van der Waals surface area contributed by atoms with Crippen molar-refractivity contribution < 1.29 is 9.53 Å². The van der Waals surface area contributed by atoms with Gasteiger partial charge in [0.2, 0.25) is 5.91 Å². The largest absolute Gasteiger partial charge is 0.374 e. The van der Waals surface area contributed by atoms with Crippen molar-refractivity contribution in [2.24, 2.45) is 0 Å². The van der Waals surface area contributed by atoms with Gasteiger partial charge in [0.25, 0.3) is 0 Å². The van der Waals surface area contributed by atoms with Crippen molar-refractivity contribution in [3.63, 3.8) is 0 Å². The van der Waals surface area contributed by atoms with Crippen LogP contribution in [0.15, 0.2) is 30.3 Å². The van der Waals surface area contributed by atoms with Crippen LogP contribution in [0, 0.1) is 0 Å². The summed E-state index contributed by atoms with van der Waals surface area (Å²) in [5.74, 6) is 0.122. The Morgan fingerprint density at radius 3 is 2.65 bits per heavy atom. The first-order valence-corrected chi connectivity index (χ1v) is 7.32. The predicted molar refractivity (Wildman–Crippen MR) is 81.6 cm³/mol. The second-order valence-corrected chi connectivity index (χ2v) is 4.83. The number of ether oxygens (including phenoxy) is 1. The number of benzene rings is 1. The molecule has 0 aliphatic heterocycles. The summed E-state index contributed by atoms with van der Waals surface area (Å²) in [6.07, 6.45) is 2.41. The van der Waals surface area contributed by atoms with Crippen molar-refractivity contribution >= 4 is 5.91 Å². The lowest BCUT2D eigenvalue weighted by atomic mass is 10.1. The molecule has 0 heterocycles. The topological polar surface area (TPSA) is 50.4 Å². The fraction of sp³-hybridized carbons (Fsp3) is 0.562. The number of nitrogens with one attached hydrogen (secondary N) is 2. The van der Waals surface area contributed by atoms with Crippen molar-refractivity contribution in [3.05, 3.63) is 35.9 Å². The molecule has 1 atom stereocenters. The Bertz CT molecular complexity index is 368. The van der Waals surface area contributed by atoms with Crippen LogP contribution in [0.3, 0.4) is 0 Å². The maximum Gasteiger partial charge on any atom is 0.220 e. The summed E-state index contributed by atoms with van der Waals surface area (Å²) < 4.78 is 5.75. The van der Waals surface area contributed by atoms with Gasteiger partial charge in [0, 0.05) is 19.6 Å². The molecule has 0 aliphatic carbocycles. The number of hydrogen-bond donors (Lipinski definition) is 2.